The van der Waals surface area contributed by atoms with Gasteiger partial charge in [0.05, 0.1) is 5.69 Å². The van der Waals surface area contributed by atoms with E-state index >= 15 is 0 Å². The SMILES string of the molecule is NNc1ncccc1S(=O)(=O)Nc1cc(F)cc(Cl)c1. The van der Waals surface area contributed by atoms with Crippen LogP contribution < -0.4 is 16.0 Å². The minimum atomic E-state index is -3.97. The van der Waals surface area contributed by atoms with Crippen LogP contribution in [0.5, 0.6) is 0 Å². The van der Waals surface area contributed by atoms with Gasteiger partial charge in [0, 0.05) is 11.2 Å². The maximum absolute atomic E-state index is 13.2. The van der Waals surface area contributed by atoms with E-state index in [4.69, 9.17) is 17.4 Å². The number of rotatable bonds is 4. The van der Waals surface area contributed by atoms with Gasteiger partial charge in [-0.15, -0.1) is 0 Å². The lowest BCUT2D eigenvalue weighted by atomic mass is 10.3. The molecule has 2 aromatic rings. The lowest BCUT2D eigenvalue weighted by Crippen LogP contribution is -2.18. The summed E-state index contributed by atoms with van der Waals surface area (Å²) >= 11 is 5.66. The Labute approximate surface area is 119 Å². The largest absolute Gasteiger partial charge is 0.307 e. The van der Waals surface area contributed by atoms with Crippen LogP contribution in [-0.4, -0.2) is 13.4 Å². The van der Waals surface area contributed by atoms with Gasteiger partial charge >= 0.3 is 0 Å². The molecular weight excluding hydrogens is 307 g/mol. The first kappa shape index (κ1) is 14.5. The maximum Gasteiger partial charge on any atom is 0.265 e. The molecule has 0 bridgehead atoms. The van der Waals surface area contributed by atoms with E-state index in [2.05, 4.69) is 15.1 Å². The molecule has 0 aliphatic carbocycles. The van der Waals surface area contributed by atoms with Gasteiger partial charge in [0.25, 0.3) is 10.0 Å². The van der Waals surface area contributed by atoms with E-state index in [1.165, 1.54) is 24.4 Å². The van der Waals surface area contributed by atoms with Crippen LogP contribution in [0.15, 0.2) is 41.4 Å². The first-order chi connectivity index (χ1) is 9.42. The average Bonchev–Trinajstić information content (AvgIpc) is 2.36. The van der Waals surface area contributed by atoms with E-state index in [1.807, 2.05) is 0 Å². The number of anilines is 2. The number of nitrogen functional groups attached to an aromatic ring is 1. The fourth-order valence-corrected chi connectivity index (χ4v) is 2.92. The number of aromatic nitrogens is 1. The summed E-state index contributed by atoms with van der Waals surface area (Å²) < 4.78 is 39.8. The molecule has 0 atom stereocenters. The van der Waals surface area contributed by atoms with E-state index in [-0.39, 0.29) is 21.4 Å². The van der Waals surface area contributed by atoms with Crippen molar-refractivity contribution in [2.45, 2.75) is 4.90 Å². The molecule has 1 aromatic carbocycles. The minimum Gasteiger partial charge on any atom is -0.307 e. The van der Waals surface area contributed by atoms with Gasteiger partial charge in [-0.1, -0.05) is 11.6 Å². The maximum atomic E-state index is 13.2. The molecule has 106 valence electrons. The summed E-state index contributed by atoms with van der Waals surface area (Å²) in [6.07, 6.45) is 1.38. The van der Waals surface area contributed by atoms with Crippen LogP contribution in [0.4, 0.5) is 15.9 Å². The van der Waals surface area contributed by atoms with E-state index in [1.54, 1.807) is 0 Å². The number of pyridine rings is 1. The van der Waals surface area contributed by atoms with Crippen LogP contribution >= 0.6 is 11.6 Å². The number of nitrogens with zero attached hydrogens (tertiary/aromatic N) is 1. The van der Waals surface area contributed by atoms with Crippen molar-refractivity contribution in [2.24, 2.45) is 5.84 Å². The molecule has 0 spiro atoms. The normalized spacial score (nSPS) is 11.2. The number of nitrogens with one attached hydrogen (secondary N) is 2. The highest BCUT2D eigenvalue weighted by atomic mass is 35.5. The van der Waals surface area contributed by atoms with Crippen molar-refractivity contribution in [2.75, 3.05) is 10.1 Å². The Morgan fingerprint density at radius 3 is 2.70 bits per heavy atom. The Balaban J connectivity index is 2.41. The third-order valence-electron chi connectivity index (χ3n) is 2.31. The van der Waals surface area contributed by atoms with E-state index < -0.39 is 15.8 Å². The van der Waals surface area contributed by atoms with Crippen LogP contribution in [-0.2, 0) is 10.0 Å². The number of benzene rings is 1. The summed E-state index contributed by atoms with van der Waals surface area (Å²) in [5.74, 6) is 4.52. The molecule has 20 heavy (non-hydrogen) atoms. The summed E-state index contributed by atoms with van der Waals surface area (Å²) in [6, 6.07) is 6.11. The highest BCUT2D eigenvalue weighted by Gasteiger charge is 2.19. The molecule has 1 heterocycles. The van der Waals surface area contributed by atoms with Crippen LogP contribution in [0.2, 0.25) is 5.02 Å². The zero-order chi connectivity index (χ0) is 14.8. The standard InChI is InChI=1S/C11H10ClFN4O2S/c12-7-4-8(13)6-9(5-7)17-20(18,19)10-2-1-3-15-11(10)16-14/h1-6,17H,14H2,(H,15,16). The Hall–Kier alpha value is -1.90. The van der Waals surface area contributed by atoms with Gasteiger partial charge < -0.3 is 5.43 Å². The minimum absolute atomic E-state index is 0.00169. The molecule has 0 saturated carbocycles. The van der Waals surface area contributed by atoms with Crippen molar-refractivity contribution in [1.82, 2.24) is 4.98 Å². The summed E-state index contributed by atoms with van der Waals surface area (Å²) in [6.45, 7) is 0. The van der Waals surface area contributed by atoms with E-state index in [9.17, 15) is 12.8 Å². The molecular formula is C11H10ClFN4O2S. The van der Waals surface area contributed by atoms with Gasteiger partial charge in [-0.2, -0.15) is 0 Å². The molecule has 2 rings (SSSR count). The van der Waals surface area contributed by atoms with Gasteiger partial charge in [0.1, 0.15) is 10.7 Å². The molecule has 0 radical (unpaired) electrons. The number of sulfonamides is 1. The van der Waals surface area contributed by atoms with Crippen molar-refractivity contribution in [3.05, 3.63) is 47.4 Å². The molecule has 0 aliphatic rings. The molecule has 4 N–H and O–H groups in total. The first-order valence-corrected chi connectivity index (χ1v) is 7.19. The predicted octanol–water partition coefficient (Wildman–Crippen LogP) is 1.96. The molecule has 6 nitrogen and oxygen atoms in total. The number of hydrazine groups is 1. The van der Waals surface area contributed by atoms with Crippen LogP contribution in [0.1, 0.15) is 0 Å². The van der Waals surface area contributed by atoms with Gasteiger partial charge in [-0.05, 0) is 30.3 Å². The van der Waals surface area contributed by atoms with Crippen LogP contribution in [0.3, 0.4) is 0 Å². The van der Waals surface area contributed by atoms with Gasteiger partial charge in [0.15, 0.2) is 5.82 Å². The van der Waals surface area contributed by atoms with Gasteiger partial charge in [0.2, 0.25) is 0 Å². The summed E-state index contributed by atoms with van der Waals surface area (Å²) in [5.41, 5.74) is 2.18. The average molecular weight is 317 g/mol. The molecule has 0 aliphatic heterocycles. The third kappa shape index (κ3) is 3.16. The molecule has 0 unspecified atom stereocenters. The number of hydrogen-bond acceptors (Lipinski definition) is 5. The molecule has 0 amide bonds. The fraction of sp³-hybridized carbons (Fsp3) is 0. The van der Waals surface area contributed by atoms with E-state index in [0.717, 1.165) is 12.1 Å². The quantitative estimate of drug-likeness (QED) is 0.592. The number of nitrogens with two attached hydrogens (primary N) is 1. The lowest BCUT2D eigenvalue weighted by Gasteiger charge is -2.11. The predicted molar refractivity (Wildman–Crippen MR) is 74.3 cm³/mol. The zero-order valence-corrected chi connectivity index (χ0v) is 11.5. The van der Waals surface area contributed by atoms with Crippen molar-refractivity contribution < 1.29 is 12.8 Å². The number of hydrogen-bond donors (Lipinski definition) is 3. The van der Waals surface area contributed by atoms with Crippen molar-refractivity contribution in [1.29, 1.82) is 0 Å². The van der Waals surface area contributed by atoms with E-state index in [0.29, 0.717) is 0 Å². The lowest BCUT2D eigenvalue weighted by molar-refractivity contribution is 0.601. The highest BCUT2D eigenvalue weighted by molar-refractivity contribution is 7.92. The molecule has 9 heteroatoms. The van der Waals surface area contributed by atoms with Crippen molar-refractivity contribution in [3.63, 3.8) is 0 Å². The Kier molecular flexibility index (Phi) is 4.07. The first-order valence-electron chi connectivity index (χ1n) is 5.33. The monoisotopic (exact) mass is 316 g/mol. The summed E-state index contributed by atoms with van der Waals surface area (Å²) in [7, 11) is -3.97. The fourth-order valence-electron chi connectivity index (χ4n) is 1.54. The van der Waals surface area contributed by atoms with Crippen molar-refractivity contribution in [3.8, 4) is 0 Å². The second-order valence-corrected chi connectivity index (χ2v) is 5.85. The topological polar surface area (TPSA) is 97.1 Å². The molecule has 0 saturated heterocycles. The molecule has 0 fully saturated rings. The zero-order valence-electron chi connectivity index (χ0n) is 9.97. The van der Waals surface area contributed by atoms with Crippen LogP contribution in [0, 0.1) is 5.82 Å². The number of halogens is 2. The third-order valence-corrected chi connectivity index (χ3v) is 3.94. The second kappa shape index (κ2) is 5.61. The second-order valence-electron chi connectivity index (χ2n) is 3.76. The summed E-state index contributed by atoms with van der Waals surface area (Å²) in [5, 5.41) is 0.0751. The van der Waals surface area contributed by atoms with Crippen molar-refractivity contribution >= 4 is 33.1 Å². The van der Waals surface area contributed by atoms with Crippen LogP contribution in [0.25, 0.3) is 0 Å². The summed E-state index contributed by atoms with van der Waals surface area (Å²) in [4.78, 5) is 3.62. The Morgan fingerprint density at radius 1 is 1.30 bits per heavy atom. The van der Waals surface area contributed by atoms with Gasteiger partial charge in [-0.3, -0.25) is 4.72 Å². The highest BCUT2D eigenvalue weighted by Crippen LogP contribution is 2.23. The smallest absolute Gasteiger partial charge is 0.265 e. The Morgan fingerprint density at radius 2 is 2.05 bits per heavy atom. The van der Waals surface area contributed by atoms with Gasteiger partial charge in [-0.25, -0.2) is 23.6 Å². The molecule has 1 aromatic heterocycles. The Bertz CT molecular complexity index is 719.